The molecule has 0 saturated carbocycles. The number of rotatable bonds is 8. The molecule has 19 heavy (non-hydrogen) atoms. The Morgan fingerprint density at radius 3 is 2.16 bits per heavy atom. The fraction of sp³-hybridized carbons (Fsp3) is 0.538. The van der Waals surface area contributed by atoms with Gasteiger partial charge in [0.25, 0.3) is 0 Å². The van der Waals surface area contributed by atoms with Crippen molar-refractivity contribution in [2.45, 2.75) is 13.8 Å². The second-order valence-corrected chi connectivity index (χ2v) is 6.09. The Labute approximate surface area is 116 Å². The maximum absolute atomic E-state index is 11.7. The molecule has 0 aliphatic heterocycles. The smallest absolute Gasteiger partial charge is 0.233 e. The maximum Gasteiger partial charge on any atom is 0.233 e. The summed E-state index contributed by atoms with van der Waals surface area (Å²) < 4.78 is 26.0. The van der Waals surface area contributed by atoms with Crippen molar-refractivity contribution in [3.63, 3.8) is 0 Å². The number of anilines is 2. The van der Waals surface area contributed by atoms with Gasteiger partial charge in [0, 0.05) is 31.0 Å². The maximum atomic E-state index is 11.7. The van der Waals surface area contributed by atoms with Crippen molar-refractivity contribution in [3.05, 3.63) is 24.3 Å². The molecule has 0 amide bonds. The molecule has 1 rings (SSSR count). The van der Waals surface area contributed by atoms with Crippen molar-refractivity contribution < 1.29 is 8.42 Å². The lowest BCUT2D eigenvalue weighted by Crippen LogP contribution is -2.24. The van der Waals surface area contributed by atoms with E-state index in [1.54, 1.807) is 19.2 Å². The van der Waals surface area contributed by atoms with Crippen LogP contribution >= 0.6 is 0 Å². The SMILES string of the molecule is CCN(CC)c1ccc(NS(=O)(=O)CCNC)cc1. The fourth-order valence-electron chi connectivity index (χ4n) is 1.80. The Morgan fingerprint density at radius 1 is 1.11 bits per heavy atom. The van der Waals surface area contributed by atoms with Crippen molar-refractivity contribution in [2.75, 3.05) is 42.1 Å². The molecule has 0 unspecified atom stereocenters. The standard InChI is InChI=1S/C13H23N3O2S/c1-4-16(5-2)13-8-6-12(7-9-13)15-19(17,18)11-10-14-3/h6-9,14-15H,4-5,10-11H2,1-3H3. The molecule has 1 aromatic rings. The molecular weight excluding hydrogens is 262 g/mol. The molecule has 5 nitrogen and oxygen atoms in total. The molecular formula is C13H23N3O2S. The van der Waals surface area contributed by atoms with Crippen molar-refractivity contribution >= 4 is 21.4 Å². The summed E-state index contributed by atoms with van der Waals surface area (Å²) in [6.07, 6.45) is 0. The third kappa shape index (κ3) is 5.08. The molecule has 0 atom stereocenters. The highest BCUT2D eigenvalue weighted by Crippen LogP contribution is 2.18. The van der Waals surface area contributed by atoms with Gasteiger partial charge in [0.2, 0.25) is 10.0 Å². The van der Waals surface area contributed by atoms with Crippen molar-refractivity contribution in [2.24, 2.45) is 0 Å². The van der Waals surface area contributed by atoms with Gasteiger partial charge in [-0.2, -0.15) is 0 Å². The largest absolute Gasteiger partial charge is 0.372 e. The summed E-state index contributed by atoms with van der Waals surface area (Å²) in [6.45, 7) is 6.50. The van der Waals surface area contributed by atoms with E-state index in [9.17, 15) is 8.42 Å². The van der Waals surface area contributed by atoms with E-state index in [1.807, 2.05) is 12.1 Å². The van der Waals surface area contributed by atoms with Crippen LogP contribution in [-0.4, -0.2) is 40.9 Å². The summed E-state index contributed by atoms with van der Waals surface area (Å²) in [4.78, 5) is 2.21. The zero-order chi connectivity index (χ0) is 14.3. The lowest BCUT2D eigenvalue weighted by atomic mass is 10.2. The monoisotopic (exact) mass is 285 g/mol. The summed E-state index contributed by atoms with van der Waals surface area (Å²) in [5, 5.41) is 2.82. The lowest BCUT2D eigenvalue weighted by molar-refractivity contribution is 0.599. The van der Waals surface area contributed by atoms with Crippen LogP contribution in [0.4, 0.5) is 11.4 Å². The highest BCUT2D eigenvalue weighted by Gasteiger charge is 2.09. The summed E-state index contributed by atoms with van der Waals surface area (Å²) in [6, 6.07) is 7.46. The predicted molar refractivity (Wildman–Crippen MR) is 81.3 cm³/mol. The van der Waals surface area contributed by atoms with E-state index in [2.05, 4.69) is 28.8 Å². The second kappa shape index (κ2) is 7.35. The zero-order valence-corrected chi connectivity index (χ0v) is 12.6. The Bertz CT molecular complexity index is 467. The van der Waals surface area contributed by atoms with E-state index in [0.717, 1.165) is 18.8 Å². The van der Waals surface area contributed by atoms with Crippen molar-refractivity contribution in [1.29, 1.82) is 0 Å². The van der Waals surface area contributed by atoms with Gasteiger partial charge in [-0.25, -0.2) is 8.42 Å². The van der Waals surface area contributed by atoms with Gasteiger partial charge in [0.05, 0.1) is 5.75 Å². The van der Waals surface area contributed by atoms with Gasteiger partial charge in [-0.05, 0) is 45.2 Å². The Balaban J connectivity index is 2.71. The molecule has 0 aliphatic carbocycles. The summed E-state index contributed by atoms with van der Waals surface area (Å²) in [7, 11) is -1.54. The molecule has 2 N–H and O–H groups in total. The van der Waals surface area contributed by atoms with Gasteiger partial charge in [0.1, 0.15) is 0 Å². The minimum atomic E-state index is -3.27. The quantitative estimate of drug-likeness (QED) is 0.760. The molecule has 6 heteroatoms. The molecule has 1 aromatic carbocycles. The first-order chi connectivity index (χ1) is 9.02. The van der Waals surface area contributed by atoms with Gasteiger partial charge >= 0.3 is 0 Å². The number of nitrogens with one attached hydrogen (secondary N) is 2. The molecule has 0 radical (unpaired) electrons. The van der Waals surface area contributed by atoms with E-state index in [4.69, 9.17) is 0 Å². The van der Waals surface area contributed by atoms with Crippen LogP contribution in [0.2, 0.25) is 0 Å². The second-order valence-electron chi connectivity index (χ2n) is 4.24. The van der Waals surface area contributed by atoms with Crippen LogP contribution in [0.5, 0.6) is 0 Å². The van der Waals surface area contributed by atoms with E-state index < -0.39 is 10.0 Å². The van der Waals surface area contributed by atoms with Gasteiger partial charge in [-0.1, -0.05) is 0 Å². The number of hydrogen-bond donors (Lipinski definition) is 2. The number of hydrogen-bond acceptors (Lipinski definition) is 4. The number of benzene rings is 1. The van der Waals surface area contributed by atoms with Crippen molar-refractivity contribution in [3.8, 4) is 0 Å². The Kier molecular flexibility index (Phi) is 6.11. The highest BCUT2D eigenvalue weighted by molar-refractivity contribution is 7.92. The van der Waals surface area contributed by atoms with Gasteiger partial charge in [-0.3, -0.25) is 4.72 Å². The van der Waals surface area contributed by atoms with Gasteiger partial charge < -0.3 is 10.2 Å². The molecule has 0 aromatic heterocycles. The summed E-state index contributed by atoms with van der Waals surface area (Å²) >= 11 is 0. The first-order valence-corrected chi connectivity index (χ1v) is 8.17. The molecule has 0 fully saturated rings. The van der Waals surface area contributed by atoms with Crippen LogP contribution in [0.15, 0.2) is 24.3 Å². The Morgan fingerprint density at radius 2 is 1.68 bits per heavy atom. The van der Waals surface area contributed by atoms with E-state index in [0.29, 0.717) is 12.2 Å². The van der Waals surface area contributed by atoms with Crippen LogP contribution in [-0.2, 0) is 10.0 Å². The molecule has 0 bridgehead atoms. The number of nitrogens with zero attached hydrogens (tertiary/aromatic N) is 1. The highest BCUT2D eigenvalue weighted by atomic mass is 32.2. The normalized spacial score (nSPS) is 11.3. The summed E-state index contributed by atoms with van der Waals surface area (Å²) in [5.41, 5.74) is 1.70. The molecule has 108 valence electrons. The minimum absolute atomic E-state index is 0.0707. The van der Waals surface area contributed by atoms with Crippen LogP contribution in [0.25, 0.3) is 0 Å². The molecule has 0 spiro atoms. The third-order valence-corrected chi connectivity index (χ3v) is 4.18. The number of sulfonamides is 1. The molecule has 0 heterocycles. The fourth-order valence-corrected chi connectivity index (χ4v) is 2.87. The average Bonchev–Trinajstić information content (AvgIpc) is 2.39. The predicted octanol–water partition coefficient (Wildman–Crippen LogP) is 1.49. The van der Waals surface area contributed by atoms with E-state index in [1.165, 1.54) is 0 Å². The van der Waals surface area contributed by atoms with Gasteiger partial charge in [-0.15, -0.1) is 0 Å². The van der Waals surface area contributed by atoms with Gasteiger partial charge in [0.15, 0.2) is 0 Å². The summed E-state index contributed by atoms with van der Waals surface area (Å²) in [5.74, 6) is 0.0707. The van der Waals surface area contributed by atoms with Crippen LogP contribution in [0.1, 0.15) is 13.8 Å². The van der Waals surface area contributed by atoms with Crippen LogP contribution < -0.4 is 14.9 Å². The van der Waals surface area contributed by atoms with E-state index in [-0.39, 0.29) is 5.75 Å². The van der Waals surface area contributed by atoms with Crippen LogP contribution in [0, 0.1) is 0 Å². The zero-order valence-electron chi connectivity index (χ0n) is 11.8. The average molecular weight is 285 g/mol. The third-order valence-electron chi connectivity index (χ3n) is 2.89. The van der Waals surface area contributed by atoms with Crippen LogP contribution in [0.3, 0.4) is 0 Å². The minimum Gasteiger partial charge on any atom is -0.372 e. The lowest BCUT2D eigenvalue weighted by Gasteiger charge is -2.21. The topological polar surface area (TPSA) is 61.4 Å². The first-order valence-electron chi connectivity index (χ1n) is 6.52. The van der Waals surface area contributed by atoms with E-state index >= 15 is 0 Å². The Hall–Kier alpha value is -1.27. The molecule has 0 saturated heterocycles. The molecule has 0 aliphatic rings. The first kappa shape index (κ1) is 15.8. The van der Waals surface area contributed by atoms with Crippen molar-refractivity contribution in [1.82, 2.24) is 5.32 Å².